The topological polar surface area (TPSA) is 125 Å². The van der Waals surface area contributed by atoms with Gasteiger partial charge in [0.2, 0.25) is 5.91 Å². The summed E-state index contributed by atoms with van der Waals surface area (Å²) in [6.07, 6.45) is 0. The molecule has 2 rings (SSSR count). The molecule has 0 aromatic heterocycles. The van der Waals surface area contributed by atoms with Crippen molar-refractivity contribution in [3.8, 4) is 11.8 Å². The number of carbonyl (C=O) groups is 3. The zero-order valence-electron chi connectivity index (χ0n) is 17.5. The van der Waals surface area contributed by atoms with Crippen LogP contribution in [0.2, 0.25) is 0 Å². The summed E-state index contributed by atoms with van der Waals surface area (Å²) in [5.41, 5.74) is 8.00. The first-order valence-electron chi connectivity index (χ1n) is 9.63. The maximum atomic E-state index is 12.2. The maximum Gasteiger partial charge on any atom is 0.251 e. The van der Waals surface area contributed by atoms with Crippen molar-refractivity contribution >= 4 is 23.3 Å². The third kappa shape index (κ3) is 7.68. The Balaban J connectivity index is 1.98. The number of hydrogen-bond donors (Lipinski definition) is 4. The molecule has 0 saturated heterocycles. The maximum absolute atomic E-state index is 12.2. The van der Waals surface area contributed by atoms with E-state index in [0.29, 0.717) is 23.4 Å². The zero-order valence-corrected chi connectivity index (χ0v) is 17.5. The van der Waals surface area contributed by atoms with Crippen molar-refractivity contribution in [3.05, 3.63) is 65.2 Å². The standard InChI is InChI=1S/C23H26N4O4/c1-27(2)14-22(30)25-19-11-7-17(8-12-19)4-3-16-5-9-18(10-6-16)23(31)26-20(13-24)21(29)15-28/h5-12,20,28H,13-15,24H2,1-2H3,(H,25,30)(H,26,31)/t20-/m0/s1. The fourth-order valence-corrected chi connectivity index (χ4v) is 2.60. The summed E-state index contributed by atoms with van der Waals surface area (Å²) in [4.78, 5) is 37.3. The quantitative estimate of drug-likeness (QED) is 0.451. The minimum atomic E-state index is -0.924. The van der Waals surface area contributed by atoms with E-state index in [9.17, 15) is 14.4 Å². The van der Waals surface area contributed by atoms with Crippen LogP contribution in [0.25, 0.3) is 0 Å². The first-order valence-corrected chi connectivity index (χ1v) is 9.63. The molecule has 0 aliphatic rings. The second kappa shape index (κ2) is 11.6. The average Bonchev–Trinajstić information content (AvgIpc) is 2.76. The largest absolute Gasteiger partial charge is 0.388 e. The molecule has 162 valence electrons. The van der Waals surface area contributed by atoms with Gasteiger partial charge < -0.3 is 26.4 Å². The summed E-state index contributed by atoms with van der Waals surface area (Å²) in [5.74, 6) is 4.95. The van der Waals surface area contributed by atoms with E-state index < -0.39 is 24.3 Å². The molecular formula is C23H26N4O4. The number of nitrogens with one attached hydrogen (secondary N) is 2. The summed E-state index contributed by atoms with van der Waals surface area (Å²) in [5, 5.41) is 14.2. The number of ketones is 1. The van der Waals surface area contributed by atoms with Gasteiger partial charge in [-0.3, -0.25) is 14.4 Å². The van der Waals surface area contributed by atoms with Gasteiger partial charge in [0.1, 0.15) is 12.6 Å². The number of carbonyl (C=O) groups excluding carboxylic acids is 3. The van der Waals surface area contributed by atoms with Crippen LogP contribution in [0, 0.1) is 11.8 Å². The van der Waals surface area contributed by atoms with Crippen molar-refractivity contribution in [2.45, 2.75) is 6.04 Å². The number of rotatable bonds is 8. The number of nitrogens with two attached hydrogens (primary N) is 1. The normalized spacial score (nSPS) is 11.3. The lowest BCUT2D eigenvalue weighted by Gasteiger charge is -2.14. The summed E-state index contributed by atoms with van der Waals surface area (Å²) in [7, 11) is 3.65. The van der Waals surface area contributed by atoms with Crippen LogP contribution in [0.3, 0.4) is 0 Å². The molecule has 8 nitrogen and oxygen atoms in total. The van der Waals surface area contributed by atoms with E-state index in [1.807, 2.05) is 26.2 Å². The monoisotopic (exact) mass is 422 g/mol. The molecule has 0 radical (unpaired) electrons. The first-order chi connectivity index (χ1) is 14.8. The first kappa shape index (κ1) is 23.8. The minimum Gasteiger partial charge on any atom is -0.388 e. The molecule has 2 aromatic rings. The molecule has 0 bridgehead atoms. The predicted octanol–water partition coefficient (Wildman–Crippen LogP) is 0.205. The van der Waals surface area contributed by atoms with Gasteiger partial charge >= 0.3 is 0 Å². The smallest absolute Gasteiger partial charge is 0.251 e. The Bertz CT molecular complexity index is 973. The number of benzene rings is 2. The van der Waals surface area contributed by atoms with E-state index in [0.717, 1.165) is 5.56 Å². The van der Waals surface area contributed by atoms with Gasteiger partial charge in [-0.25, -0.2) is 0 Å². The van der Waals surface area contributed by atoms with Crippen molar-refractivity contribution in [3.63, 3.8) is 0 Å². The Kier molecular flexibility index (Phi) is 8.91. The number of amides is 2. The molecule has 0 fully saturated rings. The van der Waals surface area contributed by atoms with E-state index >= 15 is 0 Å². The lowest BCUT2D eigenvalue weighted by Crippen LogP contribution is -2.46. The highest BCUT2D eigenvalue weighted by Gasteiger charge is 2.18. The second-order valence-corrected chi connectivity index (χ2v) is 7.08. The third-order valence-corrected chi connectivity index (χ3v) is 4.21. The van der Waals surface area contributed by atoms with Crippen molar-refractivity contribution in [1.82, 2.24) is 10.2 Å². The van der Waals surface area contributed by atoms with Crippen LogP contribution in [0.1, 0.15) is 21.5 Å². The Labute approximate surface area is 181 Å². The van der Waals surface area contributed by atoms with E-state index in [-0.39, 0.29) is 12.5 Å². The van der Waals surface area contributed by atoms with Crippen LogP contribution >= 0.6 is 0 Å². The number of nitrogens with zero attached hydrogens (tertiary/aromatic N) is 1. The van der Waals surface area contributed by atoms with E-state index in [1.165, 1.54) is 0 Å². The lowest BCUT2D eigenvalue weighted by molar-refractivity contribution is -0.123. The molecule has 8 heteroatoms. The highest BCUT2D eigenvalue weighted by molar-refractivity contribution is 5.98. The second-order valence-electron chi connectivity index (χ2n) is 7.08. The number of likely N-dealkylation sites (N-methyl/N-ethyl adjacent to an activating group) is 1. The summed E-state index contributed by atoms with van der Waals surface area (Å²) >= 11 is 0. The average molecular weight is 422 g/mol. The van der Waals surface area contributed by atoms with E-state index in [1.54, 1.807) is 41.3 Å². The van der Waals surface area contributed by atoms with Crippen molar-refractivity contribution < 1.29 is 19.5 Å². The van der Waals surface area contributed by atoms with Gasteiger partial charge in [-0.2, -0.15) is 0 Å². The van der Waals surface area contributed by atoms with Gasteiger partial charge in [-0.05, 0) is 62.6 Å². The van der Waals surface area contributed by atoms with Crippen molar-refractivity contribution in [1.29, 1.82) is 0 Å². The Morgan fingerprint density at radius 3 is 2.03 bits per heavy atom. The highest BCUT2D eigenvalue weighted by atomic mass is 16.3. The van der Waals surface area contributed by atoms with Gasteiger partial charge in [0.05, 0.1) is 6.54 Å². The van der Waals surface area contributed by atoms with E-state index in [2.05, 4.69) is 22.5 Å². The molecule has 0 unspecified atom stereocenters. The van der Waals surface area contributed by atoms with Crippen LogP contribution in [-0.4, -0.2) is 67.4 Å². The molecule has 0 aliphatic carbocycles. The number of aliphatic hydroxyl groups excluding tert-OH is 1. The molecule has 1 atom stereocenters. The lowest BCUT2D eigenvalue weighted by atomic mass is 10.1. The van der Waals surface area contributed by atoms with Gasteiger partial charge in [0, 0.05) is 28.9 Å². The number of aliphatic hydroxyl groups is 1. The van der Waals surface area contributed by atoms with Crippen LogP contribution in [-0.2, 0) is 9.59 Å². The van der Waals surface area contributed by atoms with Crippen LogP contribution in [0.5, 0.6) is 0 Å². The highest BCUT2D eigenvalue weighted by Crippen LogP contribution is 2.09. The molecule has 0 saturated carbocycles. The fraction of sp³-hybridized carbons (Fsp3) is 0.261. The molecule has 5 N–H and O–H groups in total. The minimum absolute atomic E-state index is 0.0905. The van der Waals surface area contributed by atoms with Crippen LogP contribution in [0.4, 0.5) is 5.69 Å². The summed E-state index contributed by atoms with van der Waals surface area (Å²) in [6, 6.07) is 12.9. The van der Waals surface area contributed by atoms with Crippen LogP contribution < -0.4 is 16.4 Å². The van der Waals surface area contributed by atoms with Gasteiger partial charge in [0.15, 0.2) is 5.78 Å². The van der Waals surface area contributed by atoms with Crippen molar-refractivity contribution in [2.75, 3.05) is 39.1 Å². The van der Waals surface area contributed by atoms with E-state index in [4.69, 9.17) is 10.8 Å². The summed E-state index contributed by atoms with van der Waals surface area (Å²) in [6.45, 7) is -0.465. The molecule has 2 amide bonds. The Hall–Kier alpha value is -3.51. The molecule has 2 aromatic carbocycles. The Morgan fingerprint density at radius 1 is 1.00 bits per heavy atom. The Morgan fingerprint density at radius 2 is 1.55 bits per heavy atom. The third-order valence-electron chi connectivity index (χ3n) is 4.21. The fourth-order valence-electron chi connectivity index (χ4n) is 2.60. The number of Topliss-reactive ketones (excluding diaryl/α,β-unsaturated/α-hetero) is 1. The predicted molar refractivity (Wildman–Crippen MR) is 118 cm³/mol. The molecule has 0 spiro atoms. The molecule has 0 aliphatic heterocycles. The van der Waals surface area contributed by atoms with Crippen LogP contribution in [0.15, 0.2) is 48.5 Å². The molecule has 31 heavy (non-hydrogen) atoms. The molecule has 0 heterocycles. The SMILES string of the molecule is CN(C)CC(=O)Nc1ccc(C#Cc2ccc(C(=O)N[C@@H](CN)C(=O)CO)cc2)cc1. The van der Waals surface area contributed by atoms with Gasteiger partial charge in [-0.1, -0.05) is 11.8 Å². The van der Waals surface area contributed by atoms with Gasteiger partial charge in [-0.15, -0.1) is 0 Å². The summed E-state index contributed by atoms with van der Waals surface area (Å²) < 4.78 is 0. The number of anilines is 1. The number of hydrogen-bond acceptors (Lipinski definition) is 6. The van der Waals surface area contributed by atoms with Gasteiger partial charge in [0.25, 0.3) is 5.91 Å². The van der Waals surface area contributed by atoms with Crippen molar-refractivity contribution in [2.24, 2.45) is 5.73 Å². The zero-order chi connectivity index (χ0) is 22.8. The molecular weight excluding hydrogens is 396 g/mol.